The SMILES string of the molecule is CCOc1ccc(N([C@H](CC)C(=O)NCc2cccc(CN3CCCC3)c2)S(C)(=O)=O)cc1. The Hall–Kier alpha value is -2.58. The lowest BCUT2D eigenvalue weighted by molar-refractivity contribution is -0.122. The van der Waals surface area contributed by atoms with E-state index >= 15 is 0 Å². The van der Waals surface area contributed by atoms with Gasteiger partial charge in [-0.1, -0.05) is 31.2 Å². The van der Waals surface area contributed by atoms with Crippen molar-refractivity contribution in [1.82, 2.24) is 10.2 Å². The molecule has 1 atom stereocenters. The van der Waals surface area contributed by atoms with Crippen molar-refractivity contribution in [2.24, 2.45) is 0 Å². The van der Waals surface area contributed by atoms with Gasteiger partial charge in [0.2, 0.25) is 15.9 Å². The predicted octanol–water partition coefficient (Wildman–Crippen LogP) is 3.54. The van der Waals surface area contributed by atoms with Crippen molar-refractivity contribution < 1.29 is 17.9 Å². The van der Waals surface area contributed by atoms with Gasteiger partial charge in [-0.3, -0.25) is 14.0 Å². The third-order valence-corrected chi connectivity index (χ3v) is 6.97. The Bertz CT molecular complexity index is 1020. The van der Waals surface area contributed by atoms with Crippen molar-refractivity contribution in [3.05, 3.63) is 59.7 Å². The summed E-state index contributed by atoms with van der Waals surface area (Å²) in [5.74, 6) is 0.336. The van der Waals surface area contributed by atoms with E-state index in [-0.39, 0.29) is 5.91 Å². The Morgan fingerprint density at radius 1 is 1.09 bits per heavy atom. The number of hydrogen-bond acceptors (Lipinski definition) is 5. The molecule has 0 spiro atoms. The number of anilines is 1. The molecule has 1 saturated heterocycles. The quantitative estimate of drug-likeness (QED) is 0.540. The van der Waals surface area contributed by atoms with E-state index in [4.69, 9.17) is 4.74 Å². The van der Waals surface area contributed by atoms with E-state index in [1.165, 1.54) is 22.7 Å². The summed E-state index contributed by atoms with van der Waals surface area (Å²) in [7, 11) is -3.68. The van der Waals surface area contributed by atoms with Crippen molar-refractivity contribution in [3.63, 3.8) is 0 Å². The molecule has 33 heavy (non-hydrogen) atoms. The lowest BCUT2D eigenvalue weighted by atomic mass is 10.1. The van der Waals surface area contributed by atoms with Crippen LogP contribution in [0.2, 0.25) is 0 Å². The van der Waals surface area contributed by atoms with Gasteiger partial charge in [0.1, 0.15) is 11.8 Å². The molecule has 1 amide bonds. The molecule has 1 N–H and O–H groups in total. The first-order chi connectivity index (χ1) is 15.8. The van der Waals surface area contributed by atoms with Gasteiger partial charge in [-0.05, 0) is 74.7 Å². The Morgan fingerprint density at radius 2 is 1.76 bits per heavy atom. The molecule has 2 aromatic rings. The van der Waals surface area contributed by atoms with Crippen LogP contribution in [-0.4, -0.2) is 51.2 Å². The number of likely N-dealkylation sites (tertiary alicyclic amines) is 1. The fraction of sp³-hybridized carbons (Fsp3) is 0.480. The summed E-state index contributed by atoms with van der Waals surface area (Å²) in [6.45, 7) is 7.75. The molecule has 0 aromatic heterocycles. The van der Waals surface area contributed by atoms with Gasteiger partial charge >= 0.3 is 0 Å². The molecule has 0 saturated carbocycles. The van der Waals surface area contributed by atoms with Gasteiger partial charge in [-0.25, -0.2) is 8.42 Å². The average molecular weight is 474 g/mol. The summed E-state index contributed by atoms with van der Waals surface area (Å²) in [5, 5.41) is 2.94. The van der Waals surface area contributed by atoms with E-state index in [1.54, 1.807) is 24.3 Å². The zero-order chi connectivity index (χ0) is 23.8. The van der Waals surface area contributed by atoms with Gasteiger partial charge in [-0.2, -0.15) is 0 Å². The summed E-state index contributed by atoms with van der Waals surface area (Å²) >= 11 is 0. The monoisotopic (exact) mass is 473 g/mol. The van der Waals surface area contributed by atoms with E-state index in [2.05, 4.69) is 22.3 Å². The number of carbonyl (C=O) groups excluding carboxylic acids is 1. The molecule has 7 nitrogen and oxygen atoms in total. The average Bonchev–Trinajstić information content (AvgIpc) is 3.29. The summed E-state index contributed by atoms with van der Waals surface area (Å²) in [6.07, 6.45) is 3.97. The first-order valence-corrected chi connectivity index (χ1v) is 13.5. The van der Waals surface area contributed by atoms with Crippen LogP contribution in [0.3, 0.4) is 0 Å². The zero-order valence-corrected chi connectivity index (χ0v) is 20.6. The Kier molecular flexibility index (Phi) is 8.74. The molecule has 1 fully saturated rings. The van der Waals surface area contributed by atoms with Gasteiger partial charge in [0.15, 0.2) is 0 Å². The predicted molar refractivity (Wildman–Crippen MR) is 132 cm³/mol. The zero-order valence-electron chi connectivity index (χ0n) is 19.8. The van der Waals surface area contributed by atoms with E-state index in [0.717, 1.165) is 31.5 Å². The summed E-state index contributed by atoms with van der Waals surface area (Å²) < 4.78 is 31.9. The molecule has 0 unspecified atom stereocenters. The van der Waals surface area contributed by atoms with Crippen LogP contribution >= 0.6 is 0 Å². The third-order valence-electron chi connectivity index (χ3n) is 5.79. The van der Waals surface area contributed by atoms with Gasteiger partial charge in [0.05, 0.1) is 18.6 Å². The van der Waals surface area contributed by atoms with E-state index < -0.39 is 16.1 Å². The number of nitrogens with zero attached hydrogens (tertiary/aromatic N) is 2. The number of carbonyl (C=O) groups is 1. The second kappa shape index (κ2) is 11.5. The van der Waals surface area contributed by atoms with Crippen LogP contribution in [0.4, 0.5) is 5.69 Å². The fourth-order valence-corrected chi connectivity index (χ4v) is 5.47. The first kappa shape index (κ1) is 25.1. The van der Waals surface area contributed by atoms with E-state index in [1.807, 2.05) is 26.0 Å². The minimum Gasteiger partial charge on any atom is -0.494 e. The van der Waals surface area contributed by atoms with Gasteiger partial charge in [0.25, 0.3) is 0 Å². The van der Waals surface area contributed by atoms with Gasteiger partial charge in [0, 0.05) is 13.1 Å². The number of benzene rings is 2. The number of ether oxygens (including phenoxy) is 1. The Labute approximate surface area is 197 Å². The highest BCUT2D eigenvalue weighted by Gasteiger charge is 2.31. The number of hydrogen-bond donors (Lipinski definition) is 1. The highest BCUT2D eigenvalue weighted by Crippen LogP contribution is 2.25. The second-order valence-electron chi connectivity index (χ2n) is 8.43. The van der Waals surface area contributed by atoms with Gasteiger partial charge in [-0.15, -0.1) is 0 Å². The minimum atomic E-state index is -3.68. The van der Waals surface area contributed by atoms with Crippen LogP contribution in [0.1, 0.15) is 44.2 Å². The second-order valence-corrected chi connectivity index (χ2v) is 10.3. The highest BCUT2D eigenvalue weighted by atomic mass is 32.2. The molecular weight excluding hydrogens is 438 g/mol. The number of amides is 1. The molecule has 1 aliphatic heterocycles. The fourth-order valence-electron chi connectivity index (χ4n) is 4.26. The molecule has 0 aliphatic carbocycles. The van der Waals surface area contributed by atoms with Crippen LogP contribution in [0.5, 0.6) is 5.75 Å². The van der Waals surface area contributed by atoms with Crippen LogP contribution in [0.25, 0.3) is 0 Å². The van der Waals surface area contributed by atoms with Gasteiger partial charge < -0.3 is 10.1 Å². The largest absolute Gasteiger partial charge is 0.494 e. The third kappa shape index (κ3) is 6.95. The van der Waals surface area contributed by atoms with Crippen molar-refractivity contribution in [2.45, 2.75) is 52.2 Å². The van der Waals surface area contributed by atoms with Crippen molar-refractivity contribution in [3.8, 4) is 5.75 Å². The maximum Gasteiger partial charge on any atom is 0.244 e. The topological polar surface area (TPSA) is 79.0 Å². The van der Waals surface area contributed by atoms with Crippen LogP contribution in [-0.2, 0) is 27.9 Å². The maximum absolute atomic E-state index is 13.1. The highest BCUT2D eigenvalue weighted by molar-refractivity contribution is 7.92. The van der Waals surface area contributed by atoms with Crippen LogP contribution in [0, 0.1) is 0 Å². The molecule has 0 bridgehead atoms. The van der Waals surface area contributed by atoms with E-state index in [9.17, 15) is 13.2 Å². The van der Waals surface area contributed by atoms with Crippen molar-refractivity contribution in [1.29, 1.82) is 0 Å². The molecule has 1 heterocycles. The van der Waals surface area contributed by atoms with Crippen molar-refractivity contribution >= 4 is 21.6 Å². The lowest BCUT2D eigenvalue weighted by Gasteiger charge is -2.30. The Morgan fingerprint density at radius 3 is 2.36 bits per heavy atom. The summed E-state index contributed by atoms with van der Waals surface area (Å²) in [6, 6.07) is 14.1. The molecule has 1 aliphatic rings. The summed E-state index contributed by atoms with van der Waals surface area (Å²) in [5.41, 5.74) is 2.67. The first-order valence-electron chi connectivity index (χ1n) is 11.6. The van der Waals surface area contributed by atoms with Crippen LogP contribution in [0.15, 0.2) is 48.5 Å². The molecule has 0 radical (unpaired) electrons. The smallest absolute Gasteiger partial charge is 0.244 e. The number of sulfonamides is 1. The maximum atomic E-state index is 13.1. The standard InChI is InChI=1S/C25H35N3O4S/c1-4-24(28(33(3,30)31)22-11-13-23(14-12-22)32-5-2)25(29)26-18-20-9-8-10-21(17-20)19-27-15-6-7-16-27/h8-14,17,24H,4-7,15-16,18-19H2,1-3H3,(H,26,29)/t24-/m1/s1. The number of rotatable bonds is 11. The van der Waals surface area contributed by atoms with E-state index in [0.29, 0.717) is 31.0 Å². The minimum absolute atomic E-state index is 0.318. The normalized spacial score (nSPS) is 15.2. The summed E-state index contributed by atoms with van der Waals surface area (Å²) in [4.78, 5) is 15.5. The Balaban J connectivity index is 1.70. The van der Waals surface area contributed by atoms with Crippen LogP contribution < -0.4 is 14.4 Å². The van der Waals surface area contributed by atoms with Crippen molar-refractivity contribution in [2.75, 3.05) is 30.3 Å². The molecule has 3 rings (SSSR count). The molecule has 2 aromatic carbocycles. The molecule has 8 heteroatoms. The lowest BCUT2D eigenvalue weighted by Crippen LogP contribution is -2.49. The number of nitrogens with one attached hydrogen (secondary N) is 1. The molecular formula is C25H35N3O4S. The molecule has 180 valence electrons.